The molecule has 0 atom stereocenters. The predicted octanol–water partition coefficient (Wildman–Crippen LogP) is 0.790. The number of nitrogens with zero attached hydrogens (tertiary/aromatic N) is 1. The monoisotopic (exact) mass is 170 g/mol. The van der Waals surface area contributed by atoms with Gasteiger partial charge in [0.15, 0.2) is 0 Å². The summed E-state index contributed by atoms with van der Waals surface area (Å²) in [6, 6.07) is 3.21. The maximum Gasteiger partial charge on any atom is 0.273 e. The Balaban J connectivity index is 2.85. The Morgan fingerprint density at radius 3 is 3.00 bits per heavy atom. The molecule has 3 nitrogen and oxygen atoms in total. The molecule has 0 aromatic carbocycles. The fraction of sp³-hybridized carbons (Fsp3) is 0.375. The number of alkyl halides is 1. The maximum atomic E-state index is 11.8. The van der Waals surface area contributed by atoms with Gasteiger partial charge in [0, 0.05) is 12.7 Å². The Bertz CT molecular complexity index is 308. The molecule has 0 spiro atoms. The average molecular weight is 170 g/mol. The molecule has 0 saturated heterocycles. The number of halogens is 1. The van der Waals surface area contributed by atoms with Crippen molar-refractivity contribution in [2.75, 3.05) is 12.4 Å². The molecular formula is C8H11FN2O. The molecule has 0 fully saturated rings. The van der Waals surface area contributed by atoms with Crippen LogP contribution in [0.3, 0.4) is 0 Å². The van der Waals surface area contributed by atoms with Gasteiger partial charge >= 0.3 is 0 Å². The van der Waals surface area contributed by atoms with Crippen LogP contribution in [-0.2, 0) is 6.54 Å². The normalized spacial score (nSPS) is 10.1. The second-order valence-electron chi connectivity index (χ2n) is 2.50. The minimum absolute atomic E-state index is 0.205. The van der Waals surface area contributed by atoms with Crippen LogP contribution < -0.4 is 11.3 Å². The van der Waals surface area contributed by atoms with Crippen molar-refractivity contribution in [3.8, 4) is 0 Å². The lowest BCUT2D eigenvalue weighted by atomic mass is 10.4. The quantitative estimate of drug-likeness (QED) is 0.729. The molecule has 12 heavy (non-hydrogen) atoms. The molecule has 0 bridgehead atoms. The first-order valence-corrected chi connectivity index (χ1v) is 3.76. The first kappa shape index (κ1) is 8.77. The van der Waals surface area contributed by atoms with Crippen molar-refractivity contribution in [3.05, 3.63) is 28.7 Å². The van der Waals surface area contributed by atoms with Crippen molar-refractivity contribution >= 4 is 5.69 Å². The van der Waals surface area contributed by atoms with Crippen LogP contribution in [0.15, 0.2) is 23.1 Å². The van der Waals surface area contributed by atoms with Crippen LogP contribution in [0, 0.1) is 0 Å². The third-order valence-electron chi connectivity index (χ3n) is 1.58. The molecule has 2 N–H and O–H groups in total. The highest BCUT2D eigenvalue weighted by Crippen LogP contribution is 1.93. The molecule has 1 heterocycles. The largest absolute Gasteiger partial charge is 0.394 e. The predicted molar refractivity (Wildman–Crippen MR) is 45.7 cm³/mol. The highest BCUT2D eigenvalue weighted by atomic mass is 19.1. The van der Waals surface area contributed by atoms with Crippen molar-refractivity contribution in [2.45, 2.75) is 13.0 Å². The molecule has 0 unspecified atom stereocenters. The van der Waals surface area contributed by atoms with Gasteiger partial charge in [-0.15, -0.1) is 0 Å². The molecule has 0 aliphatic rings. The minimum atomic E-state index is -0.415. The lowest BCUT2D eigenvalue weighted by Gasteiger charge is -2.03. The van der Waals surface area contributed by atoms with Gasteiger partial charge in [-0.3, -0.25) is 9.18 Å². The highest BCUT2D eigenvalue weighted by molar-refractivity contribution is 5.33. The zero-order valence-electron chi connectivity index (χ0n) is 6.66. The number of hydrogen-bond acceptors (Lipinski definition) is 2. The van der Waals surface area contributed by atoms with E-state index in [1.807, 2.05) is 0 Å². The number of nitrogen functional groups attached to an aromatic ring is 1. The molecule has 0 aliphatic heterocycles. The first-order chi connectivity index (χ1) is 5.75. The van der Waals surface area contributed by atoms with Gasteiger partial charge in [0.2, 0.25) is 0 Å². The van der Waals surface area contributed by atoms with E-state index in [1.165, 1.54) is 10.6 Å². The Labute approximate surface area is 69.6 Å². The van der Waals surface area contributed by atoms with E-state index < -0.39 is 6.67 Å². The van der Waals surface area contributed by atoms with Gasteiger partial charge in [-0.25, -0.2) is 0 Å². The Hall–Kier alpha value is -1.32. The fourth-order valence-electron chi connectivity index (χ4n) is 0.962. The van der Waals surface area contributed by atoms with Crippen LogP contribution in [0.2, 0.25) is 0 Å². The van der Waals surface area contributed by atoms with Crippen molar-refractivity contribution in [3.63, 3.8) is 0 Å². The van der Waals surface area contributed by atoms with Gasteiger partial charge < -0.3 is 10.3 Å². The molecule has 1 aromatic heterocycles. The third kappa shape index (κ3) is 1.84. The summed E-state index contributed by atoms with van der Waals surface area (Å²) in [5, 5.41) is 0. The standard InChI is InChI=1S/C8H11FN2O/c9-4-2-6-11-5-1-3-7(10)8(11)12/h1,3,5H,2,4,6,10H2. The van der Waals surface area contributed by atoms with E-state index in [0.29, 0.717) is 13.0 Å². The van der Waals surface area contributed by atoms with E-state index >= 15 is 0 Å². The number of anilines is 1. The Morgan fingerprint density at radius 2 is 2.33 bits per heavy atom. The Kier molecular flexibility index (Phi) is 2.85. The number of aryl methyl sites for hydroxylation is 1. The summed E-state index contributed by atoms with van der Waals surface area (Å²) in [6.45, 7) is -0.0262. The summed E-state index contributed by atoms with van der Waals surface area (Å²) < 4.78 is 13.2. The Morgan fingerprint density at radius 1 is 1.58 bits per heavy atom. The SMILES string of the molecule is Nc1cccn(CCCF)c1=O. The van der Waals surface area contributed by atoms with Gasteiger partial charge in [-0.2, -0.15) is 0 Å². The summed E-state index contributed by atoms with van der Waals surface area (Å²) >= 11 is 0. The third-order valence-corrected chi connectivity index (χ3v) is 1.58. The van der Waals surface area contributed by atoms with Gasteiger partial charge in [0.25, 0.3) is 5.56 Å². The molecule has 4 heteroatoms. The number of aromatic nitrogens is 1. The number of rotatable bonds is 3. The topological polar surface area (TPSA) is 48.0 Å². The summed E-state index contributed by atoms with van der Waals surface area (Å²) in [5.74, 6) is 0. The molecule has 1 aromatic rings. The van der Waals surface area contributed by atoms with Crippen molar-refractivity contribution in [1.82, 2.24) is 4.57 Å². The van der Waals surface area contributed by atoms with Crippen molar-refractivity contribution < 1.29 is 4.39 Å². The van der Waals surface area contributed by atoms with Crippen molar-refractivity contribution in [1.29, 1.82) is 0 Å². The summed E-state index contributed by atoms with van der Waals surface area (Å²) in [4.78, 5) is 11.2. The second kappa shape index (κ2) is 3.90. The highest BCUT2D eigenvalue weighted by Gasteiger charge is 1.97. The summed E-state index contributed by atoms with van der Waals surface area (Å²) in [6.07, 6.45) is 1.96. The second-order valence-corrected chi connectivity index (χ2v) is 2.50. The van der Waals surface area contributed by atoms with E-state index in [2.05, 4.69) is 0 Å². The molecule has 66 valence electrons. The van der Waals surface area contributed by atoms with Crippen molar-refractivity contribution in [2.24, 2.45) is 0 Å². The summed E-state index contributed by atoms with van der Waals surface area (Å²) in [7, 11) is 0. The van der Waals surface area contributed by atoms with E-state index in [9.17, 15) is 9.18 Å². The summed E-state index contributed by atoms with van der Waals surface area (Å²) in [5.41, 5.74) is 5.33. The number of nitrogens with two attached hydrogens (primary N) is 1. The van der Waals surface area contributed by atoms with E-state index in [0.717, 1.165) is 0 Å². The van der Waals surface area contributed by atoms with Crippen LogP contribution in [0.5, 0.6) is 0 Å². The number of pyridine rings is 1. The zero-order valence-corrected chi connectivity index (χ0v) is 6.66. The zero-order chi connectivity index (χ0) is 8.97. The lowest BCUT2D eigenvalue weighted by Crippen LogP contribution is -2.22. The van der Waals surface area contributed by atoms with E-state index in [1.54, 1.807) is 12.3 Å². The molecule has 0 saturated carbocycles. The lowest BCUT2D eigenvalue weighted by molar-refractivity contribution is 0.444. The van der Waals surface area contributed by atoms with Gasteiger partial charge in [0.05, 0.1) is 12.4 Å². The minimum Gasteiger partial charge on any atom is -0.394 e. The average Bonchev–Trinajstić information content (AvgIpc) is 2.08. The van der Waals surface area contributed by atoms with E-state index in [4.69, 9.17) is 5.73 Å². The molecule has 0 aliphatic carbocycles. The number of hydrogen-bond donors (Lipinski definition) is 1. The van der Waals surface area contributed by atoms with Crippen LogP contribution in [0.25, 0.3) is 0 Å². The van der Waals surface area contributed by atoms with Crippen LogP contribution >= 0.6 is 0 Å². The molecule has 1 rings (SSSR count). The van der Waals surface area contributed by atoms with Gasteiger partial charge in [-0.05, 0) is 18.6 Å². The first-order valence-electron chi connectivity index (χ1n) is 3.76. The van der Waals surface area contributed by atoms with Gasteiger partial charge in [0.1, 0.15) is 0 Å². The maximum absolute atomic E-state index is 11.8. The van der Waals surface area contributed by atoms with Gasteiger partial charge in [-0.1, -0.05) is 0 Å². The van der Waals surface area contributed by atoms with E-state index in [-0.39, 0.29) is 11.2 Å². The fourth-order valence-corrected chi connectivity index (χ4v) is 0.962. The molecular weight excluding hydrogens is 159 g/mol. The van der Waals surface area contributed by atoms with Crippen LogP contribution in [0.4, 0.5) is 10.1 Å². The van der Waals surface area contributed by atoms with Crippen LogP contribution in [0.1, 0.15) is 6.42 Å². The van der Waals surface area contributed by atoms with Crippen LogP contribution in [-0.4, -0.2) is 11.2 Å². The molecule has 0 radical (unpaired) electrons. The molecule has 0 amide bonds. The smallest absolute Gasteiger partial charge is 0.273 e.